The molecule has 2 aliphatic heterocycles. The number of alkyl halides is 1. The van der Waals surface area contributed by atoms with Crippen LogP contribution in [-0.2, 0) is 35.1 Å². The summed E-state index contributed by atoms with van der Waals surface area (Å²) < 4.78 is 73.9. The molecular weight excluding hydrogens is 611 g/mol. The van der Waals surface area contributed by atoms with Crippen LogP contribution in [0.1, 0.15) is 31.4 Å². The molecule has 2 aliphatic rings. The van der Waals surface area contributed by atoms with E-state index in [9.17, 15) is 22.4 Å². The summed E-state index contributed by atoms with van der Waals surface area (Å²) in [5.74, 6) is -2.09. The summed E-state index contributed by atoms with van der Waals surface area (Å²) in [4.78, 5) is 38.0. The molecule has 0 saturated carbocycles. The van der Waals surface area contributed by atoms with Gasteiger partial charge in [0.15, 0.2) is 5.82 Å². The first-order valence-corrected chi connectivity index (χ1v) is 15.7. The maximum Gasteiger partial charge on any atom is 0.301 e. The molecule has 2 aromatic carbocycles. The third-order valence-corrected chi connectivity index (χ3v) is 9.68. The van der Waals surface area contributed by atoms with Gasteiger partial charge in [-0.3, -0.25) is 18.9 Å². The molecule has 236 valence electrons. The molecule has 4 heterocycles. The molecule has 0 unspecified atom stereocenters. The number of benzene rings is 2. The number of pyridine rings is 1. The maximum absolute atomic E-state index is 15.7. The molecule has 0 spiro atoms. The Morgan fingerprint density at radius 2 is 1.89 bits per heavy atom. The van der Waals surface area contributed by atoms with Gasteiger partial charge >= 0.3 is 10.2 Å². The Hall–Kier alpha value is -4.50. The Bertz CT molecular complexity index is 2020. The van der Waals surface area contributed by atoms with E-state index >= 15 is 8.78 Å². The number of fused-ring (bicyclic) bond motifs is 2. The largest absolute Gasteiger partial charge is 0.334 e. The molecule has 4 aromatic rings. The molecular formula is C30H30F3N7O4S. The van der Waals surface area contributed by atoms with E-state index in [-0.39, 0.29) is 36.6 Å². The van der Waals surface area contributed by atoms with E-state index in [4.69, 9.17) is 0 Å². The molecule has 6 rings (SSSR count). The van der Waals surface area contributed by atoms with Gasteiger partial charge in [0.2, 0.25) is 11.9 Å². The standard InChI is InChI=1S/C30H30F3N7O4S/c1-4-40(22-6-5-18-14-38(17(2)41)15-20(18)11-22)30-34-13-19-12-23(29(42)37(3)28(19)35-30)26-24(32)7-8-25(27(26)33)36-45(43,44)39-10-9-21(31)16-39/h5-8,11-13,21,36H,4,9-10,14-16H2,1-3H3/t21-/m1/s1. The fraction of sp³-hybridized carbons (Fsp3) is 0.333. The van der Waals surface area contributed by atoms with Gasteiger partial charge in [-0.05, 0) is 54.8 Å². The fourth-order valence-corrected chi connectivity index (χ4v) is 7.01. The number of halogens is 3. The highest BCUT2D eigenvalue weighted by atomic mass is 32.2. The van der Waals surface area contributed by atoms with E-state index in [1.807, 2.05) is 30.0 Å². The molecule has 1 fully saturated rings. The number of nitrogens with zero attached hydrogens (tertiary/aromatic N) is 6. The van der Waals surface area contributed by atoms with E-state index in [2.05, 4.69) is 14.7 Å². The summed E-state index contributed by atoms with van der Waals surface area (Å²) in [7, 11) is -2.91. The second-order valence-corrected chi connectivity index (χ2v) is 12.7. The van der Waals surface area contributed by atoms with Gasteiger partial charge in [0.1, 0.15) is 17.6 Å². The van der Waals surface area contributed by atoms with E-state index in [0.29, 0.717) is 31.0 Å². The van der Waals surface area contributed by atoms with Gasteiger partial charge in [-0.2, -0.15) is 17.7 Å². The van der Waals surface area contributed by atoms with Crippen LogP contribution in [0.15, 0.2) is 47.4 Å². The number of carbonyl (C=O) groups excluding carboxylic acids is 1. The Kier molecular flexibility index (Phi) is 7.77. The number of nitrogens with one attached hydrogen (secondary N) is 1. The van der Waals surface area contributed by atoms with Crippen LogP contribution < -0.4 is 15.2 Å². The molecule has 1 atom stereocenters. The minimum atomic E-state index is -4.33. The zero-order chi connectivity index (χ0) is 32.2. The predicted octanol–water partition coefficient (Wildman–Crippen LogP) is 3.99. The molecule has 1 saturated heterocycles. The maximum atomic E-state index is 15.7. The van der Waals surface area contributed by atoms with Crippen LogP contribution >= 0.6 is 0 Å². The second-order valence-electron chi connectivity index (χ2n) is 11.1. The number of rotatable bonds is 7. The Labute approximate surface area is 257 Å². The van der Waals surface area contributed by atoms with Crippen molar-refractivity contribution < 1.29 is 26.4 Å². The van der Waals surface area contributed by atoms with Crippen molar-refractivity contribution in [3.05, 3.63) is 75.7 Å². The number of aryl methyl sites for hydroxylation is 1. The van der Waals surface area contributed by atoms with Gasteiger partial charge in [-0.1, -0.05) is 6.07 Å². The summed E-state index contributed by atoms with van der Waals surface area (Å²) in [5, 5.41) is 0.314. The van der Waals surface area contributed by atoms with Crippen molar-refractivity contribution in [1.29, 1.82) is 0 Å². The molecule has 0 aliphatic carbocycles. The molecule has 15 heteroatoms. The minimum absolute atomic E-state index is 0.00983. The van der Waals surface area contributed by atoms with Gasteiger partial charge in [-0.25, -0.2) is 18.2 Å². The van der Waals surface area contributed by atoms with Crippen molar-refractivity contribution in [2.75, 3.05) is 29.3 Å². The van der Waals surface area contributed by atoms with E-state index < -0.39 is 44.8 Å². The van der Waals surface area contributed by atoms with Gasteiger partial charge < -0.3 is 9.80 Å². The van der Waals surface area contributed by atoms with Crippen LogP contribution in [0.3, 0.4) is 0 Å². The lowest BCUT2D eigenvalue weighted by Crippen LogP contribution is -2.34. The quantitative estimate of drug-likeness (QED) is 0.324. The third kappa shape index (κ3) is 5.50. The Morgan fingerprint density at radius 1 is 1.13 bits per heavy atom. The highest BCUT2D eigenvalue weighted by Gasteiger charge is 2.32. The van der Waals surface area contributed by atoms with Crippen LogP contribution in [0.4, 0.5) is 30.5 Å². The predicted molar refractivity (Wildman–Crippen MR) is 163 cm³/mol. The highest BCUT2D eigenvalue weighted by molar-refractivity contribution is 7.90. The third-order valence-electron chi connectivity index (χ3n) is 8.20. The van der Waals surface area contributed by atoms with Crippen LogP contribution in [0.25, 0.3) is 22.2 Å². The number of carbonyl (C=O) groups is 1. The van der Waals surface area contributed by atoms with Gasteiger partial charge in [0.05, 0.1) is 16.8 Å². The number of amides is 1. The Balaban J connectivity index is 1.36. The van der Waals surface area contributed by atoms with Crippen molar-refractivity contribution in [1.82, 2.24) is 23.7 Å². The van der Waals surface area contributed by atoms with Crippen molar-refractivity contribution in [2.24, 2.45) is 7.05 Å². The number of aromatic nitrogens is 3. The molecule has 0 bridgehead atoms. The zero-order valence-corrected chi connectivity index (χ0v) is 25.5. The van der Waals surface area contributed by atoms with E-state index in [1.165, 1.54) is 26.2 Å². The lowest BCUT2D eigenvalue weighted by molar-refractivity contribution is -0.129. The minimum Gasteiger partial charge on any atom is -0.334 e. The fourth-order valence-electron chi connectivity index (χ4n) is 5.75. The van der Waals surface area contributed by atoms with Crippen LogP contribution in [0, 0.1) is 11.6 Å². The number of hydrogen-bond donors (Lipinski definition) is 1. The lowest BCUT2D eigenvalue weighted by Gasteiger charge is -2.22. The van der Waals surface area contributed by atoms with Gasteiger partial charge in [-0.15, -0.1) is 0 Å². The van der Waals surface area contributed by atoms with Crippen molar-refractivity contribution >= 4 is 44.5 Å². The molecule has 1 amide bonds. The molecule has 11 nitrogen and oxygen atoms in total. The van der Waals surface area contributed by atoms with Crippen molar-refractivity contribution in [2.45, 2.75) is 39.5 Å². The summed E-state index contributed by atoms with van der Waals surface area (Å²) in [5.41, 5.74) is 0.643. The van der Waals surface area contributed by atoms with Crippen molar-refractivity contribution in [3.63, 3.8) is 0 Å². The van der Waals surface area contributed by atoms with Crippen LogP contribution in [0.2, 0.25) is 0 Å². The van der Waals surface area contributed by atoms with E-state index in [0.717, 1.165) is 37.8 Å². The first-order chi connectivity index (χ1) is 21.4. The monoisotopic (exact) mass is 641 g/mol. The summed E-state index contributed by atoms with van der Waals surface area (Å²) in [6.07, 6.45) is 0.116. The average molecular weight is 642 g/mol. The first-order valence-electron chi connectivity index (χ1n) is 14.3. The number of anilines is 3. The SMILES string of the molecule is CCN(c1ccc2c(c1)CN(C(C)=O)C2)c1ncc2cc(-c3c(F)ccc(NS(=O)(=O)N4CC[C@@H](F)C4)c3F)c(=O)n(C)c2n1. The second kappa shape index (κ2) is 11.5. The number of hydrogen-bond acceptors (Lipinski definition) is 7. The molecule has 2 aromatic heterocycles. The van der Waals surface area contributed by atoms with Crippen molar-refractivity contribution in [3.8, 4) is 11.1 Å². The summed E-state index contributed by atoms with van der Waals surface area (Å²) in [6.45, 7) is 4.51. The topological polar surface area (TPSA) is 121 Å². The zero-order valence-electron chi connectivity index (χ0n) is 24.7. The van der Waals surface area contributed by atoms with Crippen LogP contribution in [0.5, 0.6) is 0 Å². The van der Waals surface area contributed by atoms with Gasteiger partial charge in [0, 0.05) is 64.0 Å². The summed E-state index contributed by atoms with van der Waals surface area (Å²) in [6, 6.07) is 8.87. The smallest absolute Gasteiger partial charge is 0.301 e. The molecule has 0 radical (unpaired) electrons. The van der Waals surface area contributed by atoms with E-state index in [1.54, 1.807) is 4.90 Å². The average Bonchev–Trinajstić information content (AvgIpc) is 3.64. The molecule has 45 heavy (non-hydrogen) atoms. The molecule has 1 N–H and O–H groups in total. The highest BCUT2D eigenvalue weighted by Crippen LogP contribution is 2.33. The van der Waals surface area contributed by atoms with Gasteiger partial charge in [0.25, 0.3) is 5.56 Å². The Morgan fingerprint density at radius 3 is 2.58 bits per heavy atom. The first kappa shape index (κ1) is 30.5. The summed E-state index contributed by atoms with van der Waals surface area (Å²) >= 11 is 0. The lowest BCUT2D eigenvalue weighted by atomic mass is 10.0. The van der Waals surface area contributed by atoms with Crippen LogP contribution in [-0.4, -0.2) is 63.9 Å². The normalized spacial score (nSPS) is 16.8.